The van der Waals surface area contributed by atoms with Gasteiger partial charge in [-0.1, -0.05) is 36.4 Å². The third kappa shape index (κ3) is 4.74. The van der Waals surface area contributed by atoms with Crippen molar-refractivity contribution in [3.05, 3.63) is 59.7 Å². The first-order valence-electron chi connectivity index (χ1n) is 9.18. The normalized spacial score (nSPS) is 19.3. The molecule has 27 heavy (non-hydrogen) atoms. The van der Waals surface area contributed by atoms with Gasteiger partial charge in [-0.25, -0.2) is 0 Å². The zero-order chi connectivity index (χ0) is 18.0. The van der Waals surface area contributed by atoms with Gasteiger partial charge in [0, 0.05) is 26.1 Å². The van der Waals surface area contributed by atoms with E-state index >= 15 is 0 Å². The standard InChI is InChI=1S/C21H25NO4.ClH/c23-18(17-4-2-1-3-5-17)13-21(24)8-10-22(11-9-21)14-16-6-7-19-20(12-16)26-15-25-19;/h1-7,12,18,23-24H,8-11,13-15H2;1H. The summed E-state index contributed by atoms with van der Waals surface area (Å²) in [5.74, 6) is 1.61. The summed E-state index contributed by atoms with van der Waals surface area (Å²) in [6.45, 7) is 2.74. The first-order chi connectivity index (χ1) is 12.6. The molecule has 5 nitrogen and oxygen atoms in total. The maximum absolute atomic E-state index is 10.9. The SMILES string of the molecule is Cl.OC(CC1(O)CCN(Cc2ccc3c(c2)OCO3)CC1)c1ccccc1. The van der Waals surface area contributed by atoms with E-state index in [4.69, 9.17) is 9.47 Å². The minimum Gasteiger partial charge on any atom is -0.454 e. The van der Waals surface area contributed by atoms with Crippen LogP contribution in [-0.2, 0) is 6.54 Å². The molecule has 2 aromatic carbocycles. The number of ether oxygens (including phenoxy) is 2. The van der Waals surface area contributed by atoms with Crippen LogP contribution in [0.5, 0.6) is 11.5 Å². The molecule has 2 aliphatic heterocycles. The second-order valence-electron chi connectivity index (χ2n) is 7.32. The van der Waals surface area contributed by atoms with Crippen LogP contribution in [-0.4, -0.2) is 40.6 Å². The summed E-state index contributed by atoms with van der Waals surface area (Å²) in [5.41, 5.74) is 1.24. The zero-order valence-corrected chi connectivity index (χ0v) is 16.0. The Hall–Kier alpha value is -1.79. The first-order valence-corrected chi connectivity index (χ1v) is 9.18. The minimum absolute atomic E-state index is 0. The van der Waals surface area contributed by atoms with Gasteiger partial charge in [-0.3, -0.25) is 4.90 Å². The lowest BCUT2D eigenvalue weighted by Crippen LogP contribution is -2.44. The number of aliphatic hydroxyl groups is 2. The van der Waals surface area contributed by atoms with Crippen LogP contribution in [0, 0.1) is 0 Å². The predicted octanol–water partition coefficient (Wildman–Crippen LogP) is 3.29. The highest BCUT2D eigenvalue weighted by atomic mass is 35.5. The van der Waals surface area contributed by atoms with Crippen molar-refractivity contribution in [3.63, 3.8) is 0 Å². The van der Waals surface area contributed by atoms with Crippen LogP contribution >= 0.6 is 12.4 Å². The number of piperidine rings is 1. The van der Waals surface area contributed by atoms with Crippen LogP contribution in [0.15, 0.2) is 48.5 Å². The highest BCUT2D eigenvalue weighted by Crippen LogP contribution is 2.35. The Morgan fingerprint density at radius 2 is 1.70 bits per heavy atom. The largest absolute Gasteiger partial charge is 0.454 e. The molecule has 1 fully saturated rings. The molecule has 1 saturated heterocycles. The molecular weight excluding hydrogens is 366 g/mol. The van der Waals surface area contributed by atoms with Crippen LogP contribution in [0.4, 0.5) is 0 Å². The number of halogens is 1. The number of likely N-dealkylation sites (tertiary alicyclic amines) is 1. The van der Waals surface area contributed by atoms with Crippen molar-refractivity contribution in [2.75, 3.05) is 19.9 Å². The molecule has 2 aromatic rings. The molecule has 1 atom stereocenters. The Bertz CT molecular complexity index is 747. The van der Waals surface area contributed by atoms with Crippen LogP contribution in [0.1, 0.15) is 36.5 Å². The van der Waals surface area contributed by atoms with Gasteiger partial charge in [-0.2, -0.15) is 0 Å². The Morgan fingerprint density at radius 3 is 2.44 bits per heavy atom. The van der Waals surface area contributed by atoms with Crippen molar-refractivity contribution < 1.29 is 19.7 Å². The highest BCUT2D eigenvalue weighted by molar-refractivity contribution is 5.85. The van der Waals surface area contributed by atoms with Crippen LogP contribution in [0.3, 0.4) is 0 Å². The minimum atomic E-state index is -0.805. The molecule has 0 aromatic heterocycles. The van der Waals surface area contributed by atoms with Crippen LogP contribution in [0.25, 0.3) is 0 Å². The second-order valence-corrected chi connectivity index (χ2v) is 7.32. The molecule has 2 aliphatic rings. The summed E-state index contributed by atoms with van der Waals surface area (Å²) in [4.78, 5) is 2.33. The van der Waals surface area contributed by atoms with Gasteiger partial charge in [0.25, 0.3) is 0 Å². The highest BCUT2D eigenvalue weighted by Gasteiger charge is 2.34. The Morgan fingerprint density at radius 1 is 1.00 bits per heavy atom. The Balaban J connectivity index is 0.00000210. The number of benzene rings is 2. The topological polar surface area (TPSA) is 62.2 Å². The predicted molar refractivity (Wildman–Crippen MR) is 105 cm³/mol. The fourth-order valence-electron chi connectivity index (χ4n) is 3.78. The van der Waals surface area contributed by atoms with E-state index in [1.54, 1.807) is 0 Å². The molecule has 0 bridgehead atoms. The van der Waals surface area contributed by atoms with Crippen molar-refractivity contribution in [2.45, 2.75) is 37.5 Å². The molecule has 1 unspecified atom stereocenters. The van der Waals surface area contributed by atoms with Crippen LogP contribution < -0.4 is 9.47 Å². The van der Waals surface area contributed by atoms with Gasteiger partial charge >= 0.3 is 0 Å². The summed E-state index contributed by atoms with van der Waals surface area (Å²) < 4.78 is 10.8. The van der Waals surface area contributed by atoms with E-state index in [-0.39, 0.29) is 12.4 Å². The molecule has 4 rings (SSSR count). The third-order valence-electron chi connectivity index (χ3n) is 5.39. The molecule has 146 valence electrons. The number of nitrogens with zero attached hydrogens (tertiary/aromatic N) is 1. The average Bonchev–Trinajstić information content (AvgIpc) is 3.12. The summed E-state index contributed by atoms with van der Waals surface area (Å²) in [6.07, 6.45) is 1.10. The van der Waals surface area contributed by atoms with Crippen molar-refractivity contribution in [3.8, 4) is 11.5 Å². The molecule has 2 N–H and O–H groups in total. The summed E-state index contributed by atoms with van der Waals surface area (Å²) in [5, 5.41) is 21.3. The smallest absolute Gasteiger partial charge is 0.231 e. The molecule has 0 saturated carbocycles. The monoisotopic (exact) mass is 391 g/mol. The number of hydrogen-bond acceptors (Lipinski definition) is 5. The van der Waals surface area contributed by atoms with Gasteiger partial charge < -0.3 is 19.7 Å². The zero-order valence-electron chi connectivity index (χ0n) is 15.2. The Labute approximate surface area is 165 Å². The molecule has 6 heteroatoms. The van der Waals surface area contributed by atoms with Gasteiger partial charge in [0.15, 0.2) is 11.5 Å². The second kappa shape index (κ2) is 8.48. The molecule has 0 spiro atoms. The molecule has 0 radical (unpaired) electrons. The number of hydrogen-bond donors (Lipinski definition) is 2. The maximum atomic E-state index is 10.9. The van der Waals surface area contributed by atoms with E-state index in [2.05, 4.69) is 11.0 Å². The van der Waals surface area contributed by atoms with Crippen molar-refractivity contribution >= 4 is 12.4 Å². The van der Waals surface area contributed by atoms with Crippen molar-refractivity contribution in [2.24, 2.45) is 0 Å². The van der Waals surface area contributed by atoms with E-state index < -0.39 is 11.7 Å². The van der Waals surface area contributed by atoms with Gasteiger partial charge in [-0.15, -0.1) is 12.4 Å². The number of aliphatic hydroxyl groups excluding tert-OH is 1. The van der Waals surface area contributed by atoms with E-state index in [1.165, 1.54) is 5.56 Å². The van der Waals surface area contributed by atoms with E-state index in [9.17, 15) is 10.2 Å². The molecular formula is C21H26ClNO4. The fraction of sp³-hybridized carbons (Fsp3) is 0.429. The van der Waals surface area contributed by atoms with E-state index in [0.29, 0.717) is 26.1 Å². The lowest BCUT2D eigenvalue weighted by atomic mass is 9.84. The fourth-order valence-corrected chi connectivity index (χ4v) is 3.78. The van der Waals surface area contributed by atoms with Crippen LogP contribution in [0.2, 0.25) is 0 Å². The first kappa shape index (κ1) is 20.0. The number of fused-ring (bicyclic) bond motifs is 1. The summed E-state index contributed by atoms with van der Waals surface area (Å²) in [6, 6.07) is 15.6. The summed E-state index contributed by atoms with van der Waals surface area (Å²) >= 11 is 0. The third-order valence-corrected chi connectivity index (χ3v) is 5.39. The number of rotatable bonds is 5. The summed E-state index contributed by atoms with van der Waals surface area (Å²) in [7, 11) is 0. The molecule has 0 amide bonds. The lowest BCUT2D eigenvalue weighted by molar-refractivity contribution is -0.0567. The Kier molecular flexibility index (Phi) is 6.27. The van der Waals surface area contributed by atoms with Gasteiger partial charge in [-0.05, 0) is 36.1 Å². The van der Waals surface area contributed by atoms with E-state index in [1.807, 2.05) is 42.5 Å². The quantitative estimate of drug-likeness (QED) is 0.819. The van der Waals surface area contributed by atoms with Gasteiger partial charge in [0.2, 0.25) is 6.79 Å². The van der Waals surface area contributed by atoms with Crippen molar-refractivity contribution in [1.29, 1.82) is 0 Å². The molecule has 0 aliphatic carbocycles. The van der Waals surface area contributed by atoms with Crippen molar-refractivity contribution in [1.82, 2.24) is 4.90 Å². The maximum Gasteiger partial charge on any atom is 0.231 e. The van der Waals surface area contributed by atoms with Gasteiger partial charge in [0.05, 0.1) is 11.7 Å². The van der Waals surface area contributed by atoms with Gasteiger partial charge in [0.1, 0.15) is 0 Å². The lowest BCUT2D eigenvalue weighted by Gasteiger charge is -2.39. The average molecular weight is 392 g/mol. The van der Waals surface area contributed by atoms with E-state index in [0.717, 1.165) is 36.7 Å². The molecule has 2 heterocycles.